The Bertz CT molecular complexity index is 1440. The maximum absolute atomic E-state index is 13.5. The summed E-state index contributed by atoms with van der Waals surface area (Å²) >= 11 is 10.1. The van der Waals surface area contributed by atoms with Crippen molar-refractivity contribution < 1.29 is 38.9 Å². The number of Topliss-reactive ketones (excluding diaryl/α,β-unsaturated/α-hetero) is 1. The van der Waals surface area contributed by atoms with Crippen molar-refractivity contribution in [2.24, 2.45) is 17.8 Å². The van der Waals surface area contributed by atoms with Crippen LogP contribution >= 0.6 is 47.8 Å². The molecule has 4 aliphatic rings. The number of phenols is 1. The minimum Gasteiger partial charge on any atom is -0.503 e. The standard InChI is InChI=1S/C26H20Br3NO8/c1-38-16-7-12(21(28)22(29)24(16)35)18-9-2-3-10-19(26(37)30(25(10)36)5-4-17(32)33)11(9)6-13-20(18)15(31)8-14(27)23(13)34/h2,7-8,10-11,18-19,35H,3-6H2,1H3,(H,32,33). The zero-order valence-corrected chi connectivity index (χ0v) is 24.6. The summed E-state index contributed by atoms with van der Waals surface area (Å²) in [6, 6.07) is 1.58. The number of likely N-dealkylation sites (tertiary alicyclic amines) is 1. The van der Waals surface area contributed by atoms with E-state index in [1.807, 2.05) is 6.08 Å². The summed E-state index contributed by atoms with van der Waals surface area (Å²) in [5.41, 5.74) is 1.80. The van der Waals surface area contributed by atoms with Gasteiger partial charge in [-0.15, -0.1) is 0 Å². The van der Waals surface area contributed by atoms with Gasteiger partial charge in [-0.05, 0) is 78.2 Å². The summed E-state index contributed by atoms with van der Waals surface area (Å²) in [6.07, 6.45) is 3.06. The number of carbonyl (C=O) groups excluding carboxylic acids is 4. The predicted molar refractivity (Wildman–Crippen MR) is 144 cm³/mol. The molecular formula is C26H20Br3NO8. The third-order valence-corrected chi connectivity index (χ3v) is 10.4. The van der Waals surface area contributed by atoms with Crippen molar-refractivity contribution in [1.82, 2.24) is 4.90 Å². The second kappa shape index (κ2) is 9.87. The number of methoxy groups -OCH3 is 1. The Hall–Kier alpha value is -2.57. The number of carbonyl (C=O) groups is 5. The average Bonchev–Trinajstić information content (AvgIpc) is 3.13. The molecule has 0 aromatic heterocycles. The van der Waals surface area contributed by atoms with Gasteiger partial charge in [-0.1, -0.05) is 11.6 Å². The Kier molecular flexibility index (Phi) is 7.02. The summed E-state index contributed by atoms with van der Waals surface area (Å²) in [4.78, 5) is 65.5. The fraction of sp³-hybridized carbons (Fsp3) is 0.346. The molecule has 1 saturated heterocycles. The number of hydrogen-bond donors (Lipinski definition) is 2. The number of ketones is 2. The van der Waals surface area contributed by atoms with Gasteiger partial charge in [0, 0.05) is 34.2 Å². The van der Waals surface area contributed by atoms with Crippen LogP contribution in [-0.4, -0.2) is 58.1 Å². The number of benzene rings is 1. The van der Waals surface area contributed by atoms with Gasteiger partial charge in [-0.2, -0.15) is 0 Å². The number of carboxylic acids is 1. The Morgan fingerprint density at radius 3 is 2.47 bits per heavy atom. The highest BCUT2D eigenvalue weighted by atomic mass is 79.9. The first-order valence-corrected chi connectivity index (χ1v) is 14.1. The van der Waals surface area contributed by atoms with E-state index in [1.165, 1.54) is 13.2 Å². The summed E-state index contributed by atoms with van der Waals surface area (Å²) in [5.74, 6) is -5.52. The molecule has 0 spiro atoms. The molecule has 1 heterocycles. The molecule has 1 fully saturated rings. The van der Waals surface area contributed by atoms with E-state index in [0.717, 1.165) is 10.5 Å². The van der Waals surface area contributed by atoms with Crippen LogP contribution in [0.3, 0.4) is 0 Å². The summed E-state index contributed by atoms with van der Waals surface area (Å²) in [7, 11) is 1.39. The summed E-state index contributed by atoms with van der Waals surface area (Å²) < 4.78 is 6.20. The van der Waals surface area contributed by atoms with E-state index in [0.29, 0.717) is 14.5 Å². The number of rotatable bonds is 5. The molecule has 3 aliphatic carbocycles. The van der Waals surface area contributed by atoms with Gasteiger partial charge in [0.2, 0.25) is 11.8 Å². The highest BCUT2D eigenvalue weighted by molar-refractivity contribution is 9.13. The van der Waals surface area contributed by atoms with E-state index in [2.05, 4.69) is 47.8 Å². The molecule has 198 valence electrons. The molecule has 0 radical (unpaired) electrons. The number of aromatic hydroxyl groups is 1. The quantitative estimate of drug-likeness (QED) is 0.264. The lowest BCUT2D eigenvalue weighted by Crippen LogP contribution is -2.40. The normalized spacial score (nSPS) is 26.6. The Morgan fingerprint density at radius 1 is 1.11 bits per heavy atom. The van der Waals surface area contributed by atoms with Crippen molar-refractivity contribution in [3.63, 3.8) is 0 Å². The van der Waals surface area contributed by atoms with E-state index in [9.17, 15) is 29.1 Å². The number of imide groups is 1. The Labute approximate surface area is 242 Å². The van der Waals surface area contributed by atoms with Gasteiger partial charge < -0.3 is 14.9 Å². The zero-order chi connectivity index (χ0) is 27.6. The average molecular weight is 714 g/mol. The number of carboxylic acid groups (broad SMARTS) is 1. The molecular weight excluding hydrogens is 694 g/mol. The Morgan fingerprint density at radius 2 is 1.82 bits per heavy atom. The van der Waals surface area contributed by atoms with Crippen molar-refractivity contribution in [2.45, 2.75) is 25.2 Å². The van der Waals surface area contributed by atoms with E-state index in [1.54, 1.807) is 6.07 Å². The highest BCUT2D eigenvalue weighted by Gasteiger charge is 2.56. The molecule has 1 aromatic carbocycles. The number of aliphatic carboxylic acids is 1. The summed E-state index contributed by atoms with van der Waals surface area (Å²) in [6.45, 7) is -0.223. The van der Waals surface area contributed by atoms with Crippen LogP contribution in [-0.2, 0) is 24.0 Å². The molecule has 2 N–H and O–H groups in total. The number of halogens is 3. The smallest absolute Gasteiger partial charge is 0.305 e. The van der Waals surface area contributed by atoms with Gasteiger partial charge in [-0.3, -0.25) is 28.9 Å². The third kappa shape index (κ3) is 4.03. The van der Waals surface area contributed by atoms with Gasteiger partial charge >= 0.3 is 5.97 Å². The van der Waals surface area contributed by atoms with Crippen LogP contribution in [0.2, 0.25) is 0 Å². The van der Waals surface area contributed by atoms with Gasteiger partial charge in [0.25, 0.3) is 0 Å². The van der Waals surface area contributed by atoms with Crippen LogP contribution in [0.25, 0.3) is 0 Å². The maximum Gasteiger partial charge on any atom is 0.305 e. The number of fused-ring (bicyclic) bond motifs is 3. The molecule has 9 nitrogen and oxygen atoms in total. The lowest BCUT2D eigenvalue weighted by atomic mass is 9.59. The largest absolute Gasteiger partial charge is 0.503 e. The van der Waals surface area contributed by atoms with Crippen LogP contribution < -0.4 is 4.74 Å². The molecule has 5 rings (SSSR count). The molecule has 1 aromatic rings. The number of phenolic OH excluding ortho intramolecular Hbond substituents is 1. The lowest BCUT2D eigenvalue weighted by molar-refractivity contribution is -0.142. The minimum atomic E-state index is -1.12. The van der Waals surface area contributed by atoms with Gasteiger partial charge in [0.15, 0.2) is 23.1 Å². The molecule has 2 amide bonds. The van der Waals surface area contributed by atoms with Crippen molar-refractivity contribution in [3.8, 4) is 11.5 Å². The van der Waals surface area contributed by atoms with Crippen LogP contribution in [0.5, 0.6) is 11.5 Å². The fourth-order valence-electron chi connectivity index (χ4n) is 6.03. The fourth-order valence-corrected chi connectivity index (χ4v) is 7.44. The van der Waals surface area contributed by atoms with E-state index in [-0.39, 0.29) is 64.5 Å². The number of hydrogen-bond acceptors (Lipinski definition) is 7. The van der Waals surface area contributed by atoms with Crippen molar-refractivity contribution in [1.29, 1.82) is 0 Å². The number of ether oxygens (including phenoxy) is 1. The SMILES string of the molecule is COc1cc(C2C3=CCC4C(=O)N(CCC(=O)O)C(=O)C4C3CC3=C2C(=O)C=C(Br)C3=O)c(Br)c(Br)c1O. The zero-order valence-electron chi connectivity index (χ0n) is 19.8. The maximum atomic E-state index is 13.5. The first kappa shape index (κ1) is 27.0. The van der Waals surface area contributed by atoms with E-state index in [4.69, 9.17) is 9.84 Å². The van der Waals surface area contributed by atoms with Crippen LogP contribution in [0, 0.1) is 17.8 Å². The van der Waals surface area contributed by atoms with Crippen LogP contribution in [0.4, 0.5) is 0 Å². The van der Waals surface area contributed by atoms with Crippen molar-refractivity contribution in [2.75, 3.05) is 13.7 Å². The number of amides is 2. The molecule has 1 aliphatic heterocycles. The second-order valence-corrected chi connectivity index (χ2v) is 12.0. The van der Waals surface area contributed by atoms with Gasteiger partial charge in [-0.25, -0.2) is 0 Å². The number of nitrogens with zero attached hydrogens (tertiary/aromatic N) is 1. The first-order valence-electron chi connectivity index (χ1n) is 11.7. The van der Waals surface area contributed by atoms with Gasteiger partial charge in [0.05, 0.1) is 34.3 Å². The monoisotopic (exact) mass is 711 g/mol. The number of allylic oxidation sites excluding steroid dienone is 6. The lowest BCUT2D eigenvalue weighted by Gasteiger charge is -2.42. The predicted octanol–water partition coefficient (Wildman–Crippen LogP) is 4.16. The van der Waals surface area contributed by atoms with Gasteiger partial charge in [0.1, 0.15) is 0 Å². The van der Waals surface area contributed by atoms with E-state index < -0.39 is 41.5 Å². The highest BCUT2D eigenvalue weighted by Crippen LogP contribution is 2.57. The molecule has 12 heteroatoms. The van der Waals surface area contributed by atoms with Crippen molar-refractivity contribution >= 4 is 77.1 Å². The first-order chi connectivity index (χ1) is 18.0. The topological polar surface area (TPSA) is 138 Å². The molecule has 38 heavy (non-hydrogen) atoms. The Balaban J connectivity index is 1.69. The third-order valence-electron chi connectivity index (χ3n) is 7.68. The van der Waals surface area contributed by atoms with Crippen LogP contribution in [0.15, 0.2) is 48.4 Å². The second-order valence-electron chi connectivity index (χ2n) is 9.51. The molecule has 4 atom stereocenters. The molecule has 4 unspecified atom stereocenters. The molecule has 0 bridgehead atoms. The van der Waals surface area contributed by atoms with E-state index >= 15 is 0 Å². The minimum absolute atomic E-state index is 0.0894. The molecule has 0 saturated carbocycles. The van der Waals surface area contributed by atoms with Crippen LogP contribution in [0.1, 0.15) is 30.7 Å². The van der Waals surface area contributed by atoms with Crippen molar-refractivity contribution in [3.05, 3.63) is 53.9 Å². The summed E-state index contributed by atoms with van der Waals surface area (Å²) in [5, 5.41) is 19.6.